The van der Waals surface area contributed by atoms with Gasteiger partial charge in [-0.1, -0.05) is 65.2 Å². The molecule has 0 saturated carbocycles. The maximum absolute atomic E-state index is 9.52. The van der Waals surface area contributed by atoms with Gasteiger partial charge in [0.1, 0.15) is 36.3 Å². The molecular formula is C25H40O4. The second-order valence-corrected chi connectivity index (χ2v) is 8.14. The van der Waals surface area contributed by atoms with Gasteiger partial charge in [0.15, 0.2) is 0 Å². The first-order valence-corrected chi connectivity index (χ1v) is 11.6. The molecule has 0 unspecified atom stereocenters. The topological polar surface area (TPSA) is 66.7 Å². The summed E-state index contributed by atoms with van der Waals surface area (Å²) < 4.78 is 11.9. The lowest BCUT2D eigenvalue weighted by atomic mass is 10.0. The van der Waals surface area contributed by atoms with E-state index in [0.717, 1.165) is 37.2 Å². The van der Waals surface area contributed by atoms with Gasteiger partial charge in [-0.05, 0) is 48.9 Å². The van der Waals surface area contributed by atoms with Crippen LogP contribution in [0.1, 0.15) is 112 Å². The summed E-state index contributed by atoms with van der Waals surface area (Å²) in [5, 5.41) is 19.0. The first-order valence-electron chi connectivity index (χ1n) is 11.6. The van der Waals surface area contributed by atoms with Crippen LogP contribution in [0.15, 0.2) is 21.0 Å². The lowest BCUT2D eigenvalue weighted by molar-refractivity contribution is 0.239. The Morgan fingerprint density at radius 1 is 0.621 bits per heavy atom. The van der Waals surface area contributed by atoms with Gasteiger partial charge in [-0.25, -0.2) is 0 Å². The molecule has 4 heteroatoms. The molecular weight excluding hydrogens is 364 g/mol. The Hall–Kier alpha value is -1.52. The van der Waals surface area contributed by atoms with Crippen LogP contribution >= 0.6 is 0 Å². The van der Waals surface area contributed by atoms with E-state index >= 15 is 0 Å². The number of aryl methyl sites for hydroxylation is 2. The van der Waals surface area contributed by atoms with Crippen LogP contribution in [-0.2, 0) is 32.5 Å². The summed E-state index contributed by atoms with van der Waals surface area (Å²) in [6.45, 7) is 4.31. The first-order chi connectivity index (χ1) is 14.2. The molecule has 0 fully saturated rings. The molecule has 0 aliphatic carbocycles. The van der Waals surface area contributed by atoms with E-state index in [4.69, 9.17) is 8.83 Å². The van der Waals surface area contributed by atoms with Crippen LogP contribution < -0.4 is 0 Å². The summed E-state index contributed by atoms with van der Waals surface area (Å²) in [7, 11) is 0. The van der Waals surface area contributed by atoms with Gasteiger partial charge in [0.25, 0.3) is 0 Å². The molecule has 29 heavy (non-hydrogen) atoms. The minimum absolute atomic E-state index is 0.0762. The molecule has 4 nitrogen and oxygen atoms in total. The fourth-order valence-electron chi connectivity index (χ4n) is 3.92. The third-order valence-corrected chi connectivity index (χ3v) is 5.63. The van der Waals surface area contributed by atoms with Gasteiger partial charge in [-0.2, -0.15) is 0 Å². The highest BCUT2D eigenvalue weighted by molar-refractivity contribution is 5.30. The van der Waals surface area contributed by atoms with Crippen molar-refractivity contribution in [3.8, 4) is 0 Å². The first kappa shape index (κ1) is 23.8. The molecule has 2 aromatic rings. The van der Waals surface area contributed by atoms with Crippen LogP contribution in [0.5, 0.6) is 0 Å². The van der Waals surface area contributed by atoms with Gasteiger partial charge in [0.05, 0.1) is 6.42 Å². The summed E-state index contributed by atoms with van der Waals surface area (Å²) in [4.78, 5) is 0. The number of rotatable bonds is 16. The van der Waals surface area contributed by atoms with E-state index in [2.05, 4.69) is 13.8 Å². The van der Waals surface area contributed by atoms with Crippen LogP contribution in [0.2, 0.25) is 0 Å². The Morgan fingerprint density at radius 2 is 1.03 bits per heavy atom. The molecule has 0 atom stereocenters. The van der Waals surface area contributed by atoms with Crippen molar-refractivity contribution < 1.29 is 19.0 Å². The van der Waals surface area contributed by atoms with E-state index in [1.807, 2.05) is 12.1 Å². The summed E-state index contributed by atoms with van der Waals surface area (Å²) in [6.07, 6.45) is 14.9. The quantitative estimate of drug-likeness (QED) is 0.314. The monoisotopic (exact) mass is 404 g/mol. The van der Waals surface area contributed by atoms with Crippen molar-refractivity contribution >= 4 is 0 Å². The van der Waals surface area contributed by atoms with E-state index in [-0.39, 0.29) is 13.2 Å². The van der Waals surface area contributed by atoms with Crippen molar-refractivity contribution in [2.24, 2.45) is 0 Å². The van der Waals surface area contributed by atoms with E-state index in [0.29, 0.717) is 17.9 Å². The van der Waals surface area contributed by atoms with E-state index < -0.39 is 0 Å². The molecule has 2 aromatic heterocycles. The number of furan rings is 2. The maximum atomic E-state index is 9.52. The Kier molecular flexibility index (Phi) is 11.2. The molecule has 0 bridgehead atoms. The minimum atomic E-state index is -0.0762. The Bertz CT molecular complexity index is 625. The Labute approximate surface area is 176 Å². The number of aliphatic hydroxyl groups is 2. The lowest BCUT2D eigenvalue weighted by Gasteiger charge is -2.05. The molecule has 0 radical (unpaired) electrons. The lowest BCUT2D eigenvalue weighted by Crippen LogP contribution is -1.95. The highest BCUT2D eigenvalue weighted by Gasteiger charge is 2.17. The second kappa shape index (κ2) is 13.7. The highest BCUT2D eigenvalue weighted by atomic mass is 16.4. The number of hydrogen-bond donors (Lipinski definition) is 2. The van der Waals surface area contributed by atoms with E-state index in [9.17, 15) is 10.2 Å². The molecule has 2 N–H and O–H groups in total. The average molecular weight is 405 g/mol. The third kappa shape index (κ3) is 8.02. The molecule has 0 aliphatic rings. The molecule has 0 aromatic carbocycles. The molecule has 2 heterocycles. The predicted octanol–water partition coefficient (Wildman–Crippen LogP) is 6.47. The SMILES string of the molecule is CCCCCCCc1cc(CO)oc1Cc1oc(CO)cc1CCCCCCC. The van der Waals surface area contributed by atoms with Crippen molar-refractivity contribution in [3.05, 3.63) is 46.3 Å². The van der Waals surface area contributed by atoms with Gasteiger partial charge < -0.3 is 19.0 Å². The third-order valence-electron chi connectivity index (χ3n) is 5.63. The highest BCUT2D eigenvalue weighted by Crippen LogP contribution is 2.26. The van der Waals surface area contributed by atoms with Crippen LogP contribution in [0.3, 0.4) is 0 Å². The van der Waals surface area contributed by atoms with Crippen LogP contribution in [0.25, 0.3) is 0 Å². The van der Waals surface area contributed by atoms with Crippen LogP contribution in [0.4, 0.5) is 0 Å². The largest absolute Gasteiger partial charge is 0.463 e. The Balaban J connectivity index is 2.03. The summed E-state index contributed by atoms with van der Waals surface area (Å²) >= 11 is 0. The zero-order valence-electron chi connectivity index (χ0n) is 18.5. The molecule has 0 saturated heterocycles. The minimum Gasteiger partial charge on any atom is -0.463 e. The molecule has 0 aliphatic heterocycles. The van der Waals surface area contributed by atoms with E-state index in [1.54, 1.807) is 0 Å². The van der Waals surface area contributed by atoms with Gasteiger partial charge in [0, 0.05) is 0 Å². The zero-order valence-corrected chi connectivity index (χ0v) is 18.5. The Morgan fingerprint density at radius 3 is 1.41 bits per heavy atom. The average Bonchev–Trinajstić information content (AvgIpc) is 3.31. The smallest absolute Gasteiger partial charge is 0.129 e. The van der Waals surface area contributed by atoms with Gasteiger partial charge >= 0.3 is 0 Å². The predicted molar refractivity (Wildman–Crippen MR) is 117 cm³/mol. The van der Waals surface area contributed by atoms with Gasteiger partial charge in [0.2, 0.25) is 0 Å². The summed E-state index contributed by atoms with van der Waals surface area (Å²) in [5.41, 5.74) is 2.36. The molecule has 164 valence electrons. The fraction of sp³-hybridized carbons (Fsp3) is 0.680. The van der Waals surface area contributed by atoms with Crippen molar-refractivity contribution in [1.29, 1.82) is 0 Å². The fourth-order valence-corrected chi connectivity index (χ4v) is 3.92. The maximum Gasteiger partial charge on any atom is 0.129 e. The van der Waals surface area contributed by atoms with Crippen LogP contribution in [0, 0.1) is 0 Å². The van der Waals surface area contributed by atoms with Crippen LogP contribution in [-0.4, -0.2) is 10.2 Å². The summed E-state index contributed by atoms with van der Waals surface area (Å²) in [5.74, 6) is 3.04. The van der Waals surface area contributed by atoms with Gasteiger partial charge in [-0.15, -0.1) is 0 Å². The van der Waals surface area contributed by atoms with Crippen molar-refractivity contribution in [3.63, 3.8) is 0 Å². The van der Waals surface area contributed by atoms with Crippen molar-refractivity contribution in [2.75, 3.05) is 0 Å². The normalized spacial score (nSPS) is 11.4. The summed E-state index contributed by atoms with van der Waals surface area (Å²) in [6, 6.07) is 3.99. The number of unbranched alkanes of at least 4 members (excludes halogenated alkanes) is 8. The van der Waals surface area contributed by atoms with Crippen molar-refractivity contribution in [2.45, 2.75) is 111 Å². The molecule has 0 amide bonds. The number of hydrogen-bond acceptors (Lipinski definition) is 4. The molecule has 0 spiro atoms. The van der Waals surface area contributed by atoms with Gasteiger partial charge in [-0.3, -0.25) is 0 Å². The number of aliphatic hydroxyl groups excluding tert-OH is 2. The molecule has 2 rings (SSSR count). The van der Waals surface area contributed by atoms with E-state index in [1.165, 1.54) is 62.5 Å². The standard InChI is InChI=1S/C25H40O4/c1-3-5-7-9-11-13-20-15-22(18-26)28-24(20)17-25-21(16-23(19-27)29-25)14-12-10-8-6-4-2/h15-16,26-27H,3-14,17-19H2,1-2H3. The van der Waals surface area contributed by atoms with Crippen molar-refractivity contribution in [1.82, 2.24) is 0 Å². The zero-order chi connectivity index (χ0) is 20.9. The second-order valence-electron chi connectivity index (χ2n) is 8.14.